The van der Waals surface area contributed by atoms with Crippen molar-refractivity contribution in [2.24, 2.45) is 11.3 Å². The first kappa shape index (κ1) is 42.5. The minimum absolute atomic E-state index is 0.0506. The third-order valence-electron chi connectivity index (χ3n) is 8.08. The lowest BCUT2D eigenvalue weighted by Crippen LogP contribution is -2.61. The first-order valence-corrected chi connectivity index (χ1v) is 15.5. The van der Waals surface area contributed by atoms with Gasteiger partial charge in [-0.25, -0.2) is 9.59 Å². The van der Waals surface area contributed by atoms with Gasteiger partial charge in [0.15, 0.2) is 5.78 Å². The zero-order valence-electron chi connectivity index (χ0n) is 29.6. The van der Waals surface area contributed by atoms with E-state index in [4.69, 9.17) is 9.90 Å². The summed E-state index contributed by atoms with van der Waals surface area (Å²) in [6, 6.07) is 14.3. The van der Waals surface area contributed by atoms with Crippen LogP contribution in [0.25, 0.3) is 0 Å². The van der Waals surface area contributed by atoms with Gasteiger partial charge in [-0.15, -0.1) is 0 Å². The van der Waals surface area contributed by atoms with Gasteiger partial charge in [0.2, 0.25) is 11.8 Å². The van der Waals surface area contributed by atoms with Gasteiger partial charge < -0.3 is 25.7 Å². The fourth-order valence-electron chi connectivity index (χ4n) is 5.10. The molecule has 4 N–H and O–H groups in total. The summed E-state index contributed by atoms with van der Waals surface area (Å²) in [5.74, 6) is -4.57. The second kappa shape index (κ2) is 17.2. The summed E-state index contributed by atoms with van der Waals surface area (Å²) in [6.07, 6.45) is -3.50. The molecule has 0 saturated carbocycles. The number of halogens is 3. The lowest BCUT2D eigenvalue weighted by molar-refractivity contribution is -0.192. The number of carbonyl (C=O) groups is 5. The molecule has 3 atom stereocenters. The molecule has 2 amide bonds. The largest absolute Gasteiger partial charge is 0.490 e. The molecule has 13 heteroatoms. The molecular weight excluding hydrogens is 643 g/mol. The zero-order valence-corrected chi connectivity index (χ0v) is 29.6. The van der Waals surface area contributed by atoms with Crippen molar-refractivity contribution in [3.8, 4) is 0 Å². The number of nitrogens with one attached hydrogen (secondary N) is 2. The molecular formula is C36H48F3N3O7. The van der Waals surface area contributed by atoms with Gasteiger partial charge in [-0.1, -0.05) is 109 Å². The molecule has 0 spiro atoms. The van der Waals surface area contributed by atoms with E-state index in [0.717, 1.165) is 5.56 Å². The molecule has 2 aromatic carbocycles. The molecule has 2 aromatic rings. The lowest BCUT2D eigenvalue weighted by atomic mass is 9.76. The zero-order chi connectivity index (χ0) is 38.1. The van der Waals surface area contributed by atoms with Gasteiger partial charge >= 0.3 is 18.1 Å². The maximum Gasteiger partial charge on any atom is 0.490 e. The first-order chi connectivity index (χ1) is 22.4. The van der Waals surface area contributed by atoms with Crippen LogP contribution in [0.4, 0.5) is 13.2 Å². The summed E-state index contributed by atoms with van der Waals surface area (Å²) < 4.78 is 31.7. The molecule has 0 fully saturated rings. The van der Waals surface area contributed by atoms with Gasteiger partial charge in [0.05, 0.1) is 12.1 Å². The van der Waals surface area contributed by atoms with Crippen LogP contribution in [0.1, 0.15) is 76.9 Å². The molecule has 270 valence electrons. The van der Waals surface area contributed by atoms with E-state index < -0.39 is 47.1 Å². The standard InChI is InChI=1S/C34H47N3O5.C2HF3O2/c1-21(2)26(20-22(3)32(41)42)37(10)31(40)29(33(4,5)6)36-30(39)28(35-9)34(7,8)25-18-16-24(17-19-25)27(38)23-14-12-11-13-15-23;3-2(4,5)1(6)7/h11-21,26,28-29,35H,1-10H3,(H,36,39)(H,41,42);(H,6,7)/b22-20+;/t26-,28-,29-;/m1./s1. The van der Waals surface area contributed by atoms with E-state index in [1.807, 2.05) is 78.8 Å². The Morgan fingerprint density at radius 3 is 1.67 bits per heavy atom. The fourth-order valence-corrected chi connectivity index (χ4v) is 5.10. The first-order valence-electron chi connectivity index (χ1n) is 15.5. The fraction of sp³-hybridized carbons (Fsp3) is 0.472. The van der Waals surface area contributed by atoms with Gasteiger partial charge in [-0.3, -0.25) is 14.4 Å². The second-order valence-electron chi connectivity index (χ2n) is 13.7. The van der Waals surface area contributed by atoms with Crippen molar-refractivity contribution in [3.05, 3.63) is 82.9 Å². The average Bonchev–Trinajstić information content (AvgIpc) is 3.01. The minimum Gasteiger partial charge on any atom is -0.478 e. The van der Waals surface area contributed by atoms with Crippen LogP contribution in [-0.4, -0.2) is 83.0 Å². The highest BCUT2D eigenvalue weighted by atomic mass is 19.4. The van der Waals surface area contributed by atoms with Crippen molar-refractivity contribution in [2.45, 2.75) is 85.1 Å². The van der Waals surface area contributed by atoms with Crippen LogP contribution in [0, 0.1) is 11.3 Å². The summed E-state index contributed by atoms with van der Waals surface area (Å²) in [4.78, 5) is 62.4. The SMILES string of the molecule is CN[C@H](C(=O)N[C@H](C(=O)N(C)[C@H](/C=C(\C)C(=O)O)C(C)C)C(C)(C)C)C(C)(C)c1ccc(C(=O)c2ccccc2)cc1.O=C(O)C(F)(F)F. The Morgan fingerprint density at radius 1 is 0.816 bits per heavy atom. The van der Waals surface area contributed by atoms with Gasteiger partial charge in [-0.2, -0.15) is 13.2 Å². The Kier molecular flexibility index (Phi) is 14.9. The van der Waals surface area contributed by atoms with Crippen LogP contribution in [0.5, 0.6) is 0 Å². The Balaban J connectivity index is 0.00000154. The van der Waals surface area contributed by atoms with Crippen LogP contribution in [0.15, 0.2) is 66.2 Å². The summed E-state index contributed by atoms with van der Waals surface area (Å²) in [5, 5.41) is 22.6. The quantitative estimate of drug-likeness (QED) is 0.169. The molecule has 0 aliphatic rings. The van der Waals surface area contributed by atoms with Gasteiger partial charge in [-0.05, 0) is 30.9 Å². The number of hydrogen-bond donors (Lipinski definition) is 4. The molecule has 0 radical (unpaired) electrons. The number of nitrogens with zero attached hydrogens (tertiary/aromatic N) is 1. The number of benzene rings is 2. The smallest absolute Gasteiger partial charge is 0.478 e. The molecule has 0 heterocycles. The van der Waals surface area contributed by atoms with E-state index in [-0.39, 0.29) is 29.1 Å². The predicted molar refractivity (Wildman–Crippen MR) is 180 cm³/mol. The van der Waals surface area contributed by atoms with Gasteiger partial charge in [0.1, 0.15) is 6.04 Å². The monoisotopic (exact) mass is 691 g/mol. The van der Waals surface area contributed by atoms with Crippen LogP contribution in [-0.2, 0) is 24.6 Å². The van der Waals surface area contributed by atoms with Crippen molar-refractivity contribution in [1.29, 1.82) is 0 Å². The number of carboxylic acid groups (broad SMARTS) is 2. The molecule has 49 heavy (non-hydrogen) atoms. The number of amides is 2. The summed E-state index contributed by atoms with van der Waals surface area (Å²) in [6.45, 7) is 14.9. The minimum atomic E-state index is -5.08. The second-order valence-corrected chi connectivity index (χ2v) is 13.7. The van der Waals surface area contributed by atoms with Gasteiger partial charge in [0.25, 0.3) is 0 Å². The van der Waals surface area contributed by atoms with Crippen molar-refractivity contribution < 1.29 is 47.4 Å². The van der Waals surface area contributed by atoms with E-state index in [1.165, 1.54) is 11.8 Å². The number of alkyl halides is 3. The molecule has 0 aromatic heterocycles. The molecule has 0 saturated heterocycles. The third-order valence-corrected chi connectivity index (χ3v) is 8.08. The van der Waals surface area contributed by atoms with Crippen LogP contribution in [0.3, 0.4) is 0 Å². The number of carboxylic acids is 2. The van der Waals surface area contributed by atoms with Crippen LogP contribution < -0.4 is 10.6 Å². The van der Waals surface area contributed by atoms with E-state index in [1.54, 1.807) is 44.4 Å². The normalized spacial score (nSPS) is 14.1. The highest BCUT2D eigenvalue weighted by Crippen LogP contribution is 2.30. The number of carbonyl (C=O) groups excluding carboxylic acids is 3. The molecule has 0 bridgehead atoms. The summed E-state index contributed by atoms with van der Waals surface area (Å²) in [7, 11) is 3.34. The van der Waals surface area contributed by atoms with Crippen molar-refractivity contribution in [1.82, 2.24) is 15.5 Å². The van der Waals surface area contributed by atoms with Gasteiger partial charge in [0, 0.05) is 29.2 Å². The van der Waals surface area contributed by atoms with E-state index in [2.05, 4.69) is 10.6 Å². The predicted octanol–water partition coefficient (Wildman–Crippen LogP) is 5.46. The van der Waals surface area contributed by atoms with E-state index in [9.17, 15) is 37.5 Å². The Bertz CT molecular complexity index is 1500. The van der Waals surface area contributed by atoms with Crippen LogP contribution >= 0.6 is 0 Å². The Morgan fingerprint density at radius 2 is 1.29 bits per heavy atom. The lowest BCUT2D eigenvalue weighted by Gasteiger charge is -2.40. The maximum atomic E-state index is 13.9. The highest BCUT2D eigenvalue weighted by Gasteiger charge is 2.42. The van der Waals surface area contributed by atoms with Crippen LogP contribution in [0.2, 0.25) is 0 Å². The summed E-state index contributed by atoms with van der Waals surface area (Å²) in [5.41, 5.74) is 0.833. The number of rotatable bonds is 12. The Labute approximate surface area is 285 Å². The van der Waals surface area contributed by atoms with E-state index in [0.29, 0.717) is 11.1 Å². The highest BCUT2D eigenvalue weighted by molar-refractivity contribution is 6.09. The molecule has 2 rings (SSSR count). The van der Waals surface area contributed by atoms with Crippen molar-refractivity contribution in [2.75, 3.05) is 14.1 Å². The molecule has 0 aliphatic heterocycles. The average molecular weight is 692 g/mol. The number of hydrogen-bond acceptors (Lipinski definition) is 6. The molecule has 0 unspecified atom stereocenters. The molecule has 0 aliphatic carbocycles. The van der Waals surface area contributed by atoms with Crippen molar-refractivity contribution >= 4 is 29.5 Å². The molecule has 10 nitrogen and oxygen atoms in total. The number of ketones is 1. The van der Waals surface area contributed by atoms with Crippen molar-refractivity contribution in [3.63, 3.8) is 0 Å². The topological polar surface area (TPSA) is 153 Å². The Hall–Kier alpha value is -4.52. The number of aliphatic carboxylic acids is 2. The summed E-state index contributed by atoms with van der Waals surface area (Å²) >= 11 is 0. The number of likely N-dealkylation sites (N-methyl/N-ethyl adjacent to an activating group) is 2. The van der Waals surface area contributed by atoms with E-state index >= 15 is 0 Å². The maximum absolute atomic E-state index is 13.9. The third kappa shape index (κ3) is 11.8.